The number of amides is 1. The maximum Gasteiger partial charge on any atom is 0.408 e. The largest absolute Gasteiger partial charge is 0.493 e. The van der Waals surface area contributed by atoms with Crippen molar-refractivity contribution in [1.29, 1.82) is 0 Å². The molecule has 0 aliphatic carbocycles. The number of aliphatic carboxylic acids is 1. The SMILES string of the molecule is O=C(O)C1c2ccc(O)nc2CCN1C(=O)O. The quantitative estimate of drug-likeness (QED) is 0.655. The van der Waals surface area contributed by atoms with E-state index in [1.807, 2.05) is 0 Å². The number of carboxylic acids is 1. The Morgan fingerprint density at radius 3 is 2.65 bits per heavy atom. The molecule has 1 amide bonds. The molecule has 3 N–H and O–H groups in total. The molecule has 90 valence electrons. The van der Waals surface area contributed by atoms with Crippen molar-refractivity contribution in [2.45, 2.75) is 12.5 Å². The van der Waals surface area contributed by atoms with Gasteiger partial charge < -0.3 is 15.3 Å². The van der Waals surface area contributed by atoms with Gasteiger partial charge in [0.05, 0.1) is 5.69 Å². The van der Waals surface area contributed by atoms with Gasteiger partial charge in [0.1, 0.15) is 0 Å². The molecule has 0 aromatic carbocycles. The zero-order chi connectivity index (χ0) is 12.6. The Bertz CT molecular complexity index is 488. The second kappa shape index (κ2) is 3.93. The molecule has 1 aromatic heterocycles. The van der Waals surface area contributed by atoms with Gasteiger partial charge in [-0.2, -0.15) is 0 Å². The number of hydrogen-bond acceptors (Lipinski definition) is 4. The lowest BCUT2D eigenvalue weighted by atomic mass is 9.97. The number of aromatic hydroxyl groups is 1. The second-order valence-electron chi connectivity index (χ2n) is 3.67. The van der Waals surface area contributed by atoms with Crippen LogP contribution in [-0.2, 0) is 11.2 Å². The number of nitrogens with zero attached hydrogens (tertiary/aromatic N) is 2. The van der Waals surface area contributed by atoms with Crippen LogP contribution in [0.1, 0.15) is 17.3 Å². The molecular weight excluding hydrogens is 228 g/mol. The highest BCUT2D eigenvalue weighted by Gasteiger charge is 2.36. The van der Waals surface area contributed by atoms with Crippen LogP contribution in [0.15, 0.2) is 12.1 Å². The second-order valence-corrected chi connectivity index (χ2v) is 3.67. The van der Waals surface area contributed by atoms with E-state index in [4.69, 9.17) is 10.2 Å². The van der Waals surface area contributed by atoms with E-state index in [9.17, 15) is 14.7 Å². The van der Waals surface area contributed by atoms with E-state index in [1.165, 1.54) is 12.1 Å². The van der Waals surface area contributed by atoms with E-state index in [-0.39, 0.29) is 12.4 Å². The van der Waals surface area contributed by atoms with Gasteiger partial charge in [-0.15, -0.1) is 0 Å². The van der Waals surface area contributed by atoms with Crippen molar-refractivity contribution in [3.63, 3.8) is 0 Å². The van der Waals surface area contributed by atoms with Crippen LogP contribution in [0, 0.1) is 0 Å². The van der Waals surface area contributed by atoms with E-state index >= 15 is 0 Å². The number of fused-ring (bicyclic) bond motifs is 1. The van der Waals surface area contributed by atoms with Crippen molar-refractivity contribution in [3.05, 3.63) is 23.4 Å². The summed E-state index contributed by atoms with van der Waals surface area (Å²) in [6, 6.07) is 1.38. The van der Waals surface area contributed by atoms with Gasteiger partial charge in [-0.3, -0.25) is 4.90 Å². The Labute approximate surface area is 95.9 Å². The van der Waals surface area contributed by atoms with Gasteiger partial charge >= 0.3 is 12.1 Å². The van der Waals surface area contributed by atoms with Crippen LogP contribution in [0.2, 0.25) is 0 Å². The van der Waals surface area contributed by atoms with Gasteiger partial charge in [-0.25, -0.2) is 14.6 Å². The summed E-state index contributed by atoms with van der Waals surface area (Å²) in [5, 5.41) is 27.2. The van der Waals surface area contributed by atoms with Gasteiger partial charge in [0.2, 0.25) is 5.88 Å². The molecule has 0 spiro atoms. The topological polar surface area (TPSA) is 111 Å². The van der Waals surface area contributed by atoms with E-state index in [1.54, 1.807) is 0 Å². The average molecular weight is 238 g/mol. The standard InChI is InChI=1S/C10H10N2O5/c13-7-2-1-5-6(11-7)3-4-12(10(16)17)8(5)9(14)15/h1-2,8H,3-4H2,(H,11,13)(H,14,15)(H,16,17). The fraction of sp³-hybridized carbons (Fsp3) is 0.300. The first kappa shape index (κ1) is 11.2. The molecule has 0 saturated carbocycles. The summed E-state index contributed by atoms with van der Waals surface area (Å²) in [6.45, 7) is 0.0513. The summed E-state index contributed by atoms with van der Waals surface area (Å²) in [5.41, 5.74) is 0.735. The molecule has 7 heteroatoms. The number of carbonyl (C=O) groups is 2. The molecule has 1 atom stereocenters. The maximum atomic E-state index is 11.1. The average Bonchev–Trinajstić information content (AvgIpc) is 2.26. The van der Waals surface area contributed by atoms with Crippen LogP contribution in [-0.4, -0.2) is 43.8 Å². The van der Waals surface area contributed by atoms with Crippen molar-refractivity contribution in [1.82, 2.24) is 9.88 Å². The highest BCUT2D eigenvalue weighted by Crippen LogP contribution is 2.30. The lowest BCUT2D eigenvalue weighted by Crippen LogP contribution is -2.43. The lowest BCUT2D eigenvalue weighted by molar-refractivity contribution is -0.143. The van der Waals surface area contributed by atoms with Gasteiger partial charge in [-0.05, 0) is 6.07 Å². The van der Waals surface area contributed by atoms with Crippen molar-refractivity contribution in [2.24, 2.45) is 0 Å². The van der Waals surface area contributed by atoms with Crippen LogP contribution in [0.5, 0.6) is 5.88 Å². The predicted molar refractivity (Wildman–Crippen MR) is 54.7 cm³/mol. The van der Waals surface area contributed by atoms with E-state index in [0.717, 1.165) is 4.90 Å². The van der Waals surface area contributed by atoms with Crippen LogP contribution in [0.3, 0.4) is 0 Å². The molecule has 2 heterocycles. The van der Waals surface area contributed by atoms with Crippen molar-refractivity contribution < 1.29 is 24.9 Å². The van der Waals surface area contributed by atoms with E-state index in [0.29, 0.717) is 17.7 Å². The van der Waals surface area contributed by atoms with Crippen LogP contribution < -0.4 is 0 Å². The molecule has 7 nitrogen and oxygen atoms in total. The zero-order valence-corrected chi connectivity index (χ0v) is 8.70. The fourth-order valence-corrected chi connectivity index (χ4v) is 1.95. The smallest absolute Gasteiger partial charge is 0.408 e. The maximum absolute atomic E-state index is 11.1. The van der Waals surface area contributed by atoms with Crippen molar-refractivity contribution >= 4 is 12.1 Å². The van der Waals surface area contributed by atoms with Crippen LogP contribution in [0.25, 0.3) is 0 Å². The normalized spacial score (nSPS) is 18.6. The summed E-state index contributed by atoms with van der Waals surface area (Å²) in [6.07, 6.45) is -0.990. The van der Waals surface area contributed by atoms with Gasteiger partial charge in [0.15, 0.2) is 6.04 Å². The van der Waals surface area contributed by atoms with Crippen molar-refractivity contribution in [2.75, 3.05) is 6.54 Å². The summed E-state index contributed by atoms with van der Waals surface area (Å²) in [5.74, 6) is -1.45. The predicted octanol–water partition coefficient (Wildman–Crippen LogP) is 0.449. The first-order valence-electron chi connectivity index (χ1n) is 4.92. The first-order chi connectivity index (χ1) is 8.00. The lowest BCUT2D eigenvalue weighted by Gasteiger charge is -2.31. The monoisotopic (exact) mass is 238 g/mol. The first-order valence-corrected chi connectivity index (χ1v) is 4.92. The Morgan fingerprint density at radius 1 is 1.35 bits per heavy atom. The molecule has 1 aromatic rings. The van der Waals surface area contributed by atoms with Gasteiger partial charge in [-0.1, -0.05) is 0 Å². The highest BCUT2D eigenvalue weighted by molar-refractivity contribution is 5.81. The molecule has 0 saturated heterocycles. The van der Waals surface area contributed by atoms with E-state index < -0.39 is 18.1 Å². The number of hydrogen-bond donors (Lipinski definition) is 3. The van der Waals surface area contributed by atoms with Gasteiger partial charge in [0, 0.05) is 24.6 Å². The molecular formula is C10H10N2O5. The summed E-state index contributed by atoms with van der Waals surface area (Å²) in [7, 11) is 0. The zero-order valence-electron chi connectivity index (χ0n) is 8.70. The number of aromatic nitrogens is 1. The Hall–Kier alpha value is -2.31. The van der Waals surface area contributed by atoms with Crippen LogP contribution in [0.4, 0.5) is 4.79 Å². The molecule has 17 heavy (non-hydrogen) atoms. The number of carboxylic acid groups (broad SMARTS) is 2. The van der Waals surface area contributed by atoms with E-state index in [2.05, 4.69) is 4.98 Å². The molecule has 0 fully saturated rings. The molecule has 2 rings (SSSR count). The molecule has 0 bridgehead atoms. The summed E-state index contributed by atoms with van der Waals surface area (Å²) >= 11 is 0. The molecule has 0 radical (unpaired) electrons. The summed E-state index contributed by atoms with van der Waals surface area (Å²) in [4.78, 5) is 26.7. The third kappa shape index (κ3) is 1.86. The molecule has 1 aliphatic heterocycles. The minimum atomic E-state index is -1.28. The Morgan fingerprint density at radius 2 is 2.06 bits per heavy atom. The Kier molecular flexibility index (Phi) is 2.58. The Balaban J connectivity index is 2.49. The fourth-order valence-electron chi connectivity index (χ4n) is 1.95. The van der Waals surface area contributed by atoms with Crippen LogP contribution >= 0.6 is 0 Å². The highest BCUT2D eigenvalue weighted by atomic mass is 16.4. The number of rotatable bonds is 1. The molecule has 1 aliphatic rings. The summed E-state index contributed by atoms with van der Waals surface area (Å²) < 4.78 is 0. The van der Waals surface area contributed by atoms with Crippen molar-refractivity contribution in [3.8, 4) is 5.88 Å². The third-order valence-electron chi connectivity index (χ3n) is 2.67. The van der Waals surface area contributed by atoms with Gasteiger partial charge in [0.25, 0.3) is 0 Å². The number of pyridine rings is 1. The minimum Gasteiger partial charge on any atom is -0.493 e. The third-order valence-corrected chi connectivity index (χ3v) is 2.67. The minimum absolute atomic E-state index is 0.0513. The molecule has 1 unspecified atom stereocenters.